The molecule has 3 nitrogen and oxygen atoms in total. The number of benzene rings is 1. The van der Waals surface area contributed by atoms with E-state index in [9.17, 15) is 9.50 Å². The van der Waals surface area contributed by atoms with Crippen molar-refractivity contribution in [1.29, 1.82) is 0 Å². The van der Waals surface area contributed by atoms with Gasteiger partial charge in [0.2, 0.25) is 0 Å². The highest BCUT2D eigenvalue weighted by Gasteiger charge is 2.22. The van der Waals surface area contributed by atoms with Crippen LogP contribution in [0.1, 0.15) is 36.9 Å². The molecule has 1 unspecified atom stereocenters. The van der Waals surface area contributed by atoms with E-state index in [-0.39, 0.29) is 12.0 Å². The Labute approximate surface area is 136 Å². The zero-order valence-corrected chi connectivity index (χ0v) is 14.2. The third-order valence-corrected chi connectivity index (χ3v) is 4.54. The monoisotopic (exact) mass is 374 g/mol. The molecule has 0 amide bonds. The summed E-state index contributed by atoms with van der Waals surface area (Å²) in [6, 6.07) is 4.63. The lowest BCUT2D eigenvalue weighted by molar-refractivity contribution is 0.170. The largest absolute Gasteiger partial charge is 0.388 e. The molecule has 1 heterocycles. The number of rotatable bonds is 5. The first kappa shape index (κ1) is 16.5. The van der Waals surface area contributed by atoms with E-state index in [2.05, 4.69) is 21.0 Å². The fraction of sp³-hybridized carbons (Fsp3) is 0.400. The zero-order chi connectivity index (χ0) is 15.6. The molecule has 0 aliphatic rings. The second-order valence-corrected chi connectivity index (χ2v) is 5.96. The van der Waals surface area contributed by atoms with Crippen molar-refractivity contribution in [2.75, 3.05) is 0 Å². The molecule has 1 aromatic carbocycles. The first-order valence-corrected chi connectivity index (χ1v) is 8.02. The van der Waals surface area contributed by atoms with Gasteiger partial charge in [0, 0.05) is 23.0 Å². The summed E-state index contributed by atoms with van der Waals surface area (Å²) >= 11 is 9.60. The smallest absolute Gasteiger partial charge is 0.130 e. The van der Waals surface area contributed by atoms with Crippen molar-refractivity contribution in [3.05, 3.63) is 50.5 Å². The van der Waals surface area contributed by atoms with Gasteiger partial charge in [-0.25, -0.2) is 4.39 Å². The maximum absolute atomic E-state index is 13.9. The summed E-state index contributed by atoms with van der Waals surface area (Å²) < 4.78 is 16.2. The van der Waals surface area contributed by atoms with Gasteiger partial charge in [-0.2, -0.15) is 5.10 Å². The molecule has 114 valence electrons. The Morgan fingerprint density at radius 2 is 2.14 bits per heavy atom. The molecule has 0 spiro atoms. The van der Waals surface area contributed by atoms with Crippen LogP contribution in [-0.4, -0.2) is 14.9 Å². The molecule has 1 N–H and O–H groups in total. The molecule has 0 fully saturated rings. The number of aromatic nitrogens is 2. The van der Waals surface area contributed by atoms with Crippen molar-refractivity contribution >= 4 is 27.5 Å². The van der Waals surface area contributed by atoms with Gasteiger partial charge in [-0.1, -0.05) is 40.5 Å². The minimum atomic E-state index is -0.982. The van der Waals surface area contributed by atoms with E-state index in [1.165, 1.54) is 6.07 Å². The molecular formula is C15H17BrClFN2O. The Hall–Kier alpha value is -0.910. The maximum atomic E-state index is 13.9. The van der Waals surface area contributed by atoms with Crippen LogP contribution in [0.3, 0.4) is 0 Å². The van der Waals surface area contributed by atoms with Crippen molar-refractivity contribution in [1.82, 2.24) is 9.78 Å². The summed E-state index contributed by atoms with van der Waals surface area (Å²) in [6.07, 6.45) is -0.0397. The van der Waals surface area contributed by atoms with E-state index in [0.29, 0.717) is 16.0 Å². The van der Waals surface area contributed by atoms with E-state index in [4.69, 9.17) is 11.6 Å². The molecule has 0 bridgehead atoms. The Balaban J connectivity index is 2.36. The number of aliphatic hydroxyl groups is 1. The van der Waals surface area contributed by atoms with Gasteiger partial charge in [0.25, 0.3) is 0 Å². The summed E-state index contributed by atoms with van der Waals surface area (Å²) in [7, 11) is 0. The Kier molecular flexibility index (Phi) is 5.41. The predicted octanol–water partition coefficient (Wildman–Crippen LogP) is 4.30. The molecule has 2 aromatic rings. The molecule has 2 rings (SSSR count). The van der Waals surface area contributed by atoms with Gasteiger partial charge in [-0.3, -0.25) is 4.68 Å². The van der Waals surface area contributed by atoms with Gasteiger partial charge >= 0.3 is 0 Å². The van der Waals surface area contributed by atoms with Gasteiger partial charge in [0.05, 0.1) is 22.5 Å². The van der Waals surface area contributed by atoms with Gasteiger partial charge in [-0.05, 0) is 25.5 Å². The SMILES string of the molecule is CCc1nn(CC)c(CC(O)c2c(F)cccc2Br)c1Cl. The van der Waals surface area contributed by atoms with Crippen LogP contribution in [0.25, 0.3) is 0 Å². The molecule has 0 aliphatic heterocycles. The maximum Gasteiger partial charge on any atom is 0.130 e. The van der Waals surface area contributed by atoms with E-state index in [1.54, 1.807) is 16.8 Å². The van der Waals surface area contributed by atoms with Crippen molar-refractivity contribution in [2.24, 2.45) is 0 Å². The topological polar surface area (TPSA) is 38.0 Å². The average molecular weight is 376 g/mol. The van der Waals surface area contributed by atoms with Crippen molar-refractivity contribution in [2.45, 2.75) is 39.3 Å². The molecule has 0 aliphatic carbocycles. The summed E-state index contributed by atoms with van der Waals surface area (Å²) in [5, 5.41) is 15.4. The zero-order valence-electron chi connectivity index (χ0n) is 11.9. The highest BCUT2D eigenvalue weighted by atomic mass is 79.9. The van der Waals surface area contributed by atoms with E-state index in [1.807, 2.05) is 13.8 Å². The van der Waals surface area contributed by atoms with E-state index < -0.39 is 11.9 Å². The van der Waals surface area contributed by atoms with Crippen LogP contribution in [0.15, 0.2) is 22.7 Å². The van der Waals surface area contributed by atoms with Gasteiger partial charge in [0.15, 0.2) is 0 Å². The minimum Gasteiger partial charge on any atom is -0.388 e. The van der Waals surface area contributed by atoms with Crippen LogP contribution in [0.5, 0.6) is 0 Å². The number of aliphatic hydroxyl groups excluding tert-OH is 1. The molecule has 1 atom stereocenters. The van der Waals surface area contributed by atoms with E-state index in [0.717, 1.165) is 17.8 Å². The first-order valence-electron chi connectivity index (χ1n) is 6.85. The molecular weight excluding hydrogens is 359 g/mol. The third kappa shape index (κ3) is 3.30. The summed E-state index contributed by atoms with van der Waals surface area (Å²) in [5.41, 5.74) is 1.78. The van der Waals surface area contributed by atoms with Gasteiger partial charge < -0.3 is 5.11 Å². The lowest BCUT2D eigenvalue weighted by atomic mass is 10.0. The lowest BCUT2D eigenvalue weighted by Crippen LogP contribution is -2.10. The quantitative estimate of drug-likeness (QED) is 0.846. The number of nitrogens with zero attached hydrogens (tertiary/aromatic N) is 2. The van der Waals surface area contributed by atoms with Crippen LogP contribution in [-0.2, 0) is 19.4 Å². The van der Waals surface area contributed by atoms with Crippen LogP contribution >= 0.6 is 27.5 Å². The number of hydrogen-bond acceptors (Lipinski definition) is 2. The Morgan fingerprint density at radius 1 is 1.43 bits per heavy atom. The van der Waals surface area contributed by atoms with Crippen molar-refractivity contribution in [3.8, 4) is 0 Å². The highest BCUT2D eigenvalue weighted by Crippen LogP contribution is 2.31. The molecule has 1 aromatic heterocycles. The average Bonchev–Trinajstić information content (AvgIpc) is 2.75. The standard InChI is InChI=1S/C15H17BrClFN2O/c1-3-11-15(17)12(20(4-2)19-11)8-13(21)14-9(16)6-5-7-10(14)18/h5-7,13,21H,3-4,8H2,1-2H3. The lowest BCUT2D eigenvalue weighted by Gasteiger charge is -2.15. The second-order valence-electron chi connectivity index (χ2n) is 4.73. The Morgan fingerprint density at radius 3 is 2.71 bits per heavy atom. The molecule has 6 heteroatoms. The second kappa shape index (κ2) is 6.90. The number of aryl methyl sites for hydroxylation is 2. The van der Waals surface area contributed by atoms with Crippen LogP contribution < -0.4 is 0 Å². The molecule has 21 heavy (non-hydrogen) atoms. The number of halogens is 3. The summed E-state index contributed by atoms with van der Waals surface area (Å²) in [5.74, 6) is -0.439. The molecule has 0 saturated carbocycles. The number of hydrogen-bond donors (Lipinski definition) is 1. The van der Waals surface area contributed by atoms with Gasteiger partial charge in [0.1, 0.15) is 5.82 Å². The van der Waals surface area contributed by atoms with Crippen LogP contribution in [0, 0.1) is 5.82 Å². The highest BCUT2D eigenvalue weighted by molar-refractivity contribution is 9.10. The minimum absolute atomic E-state index is 0.221. The third-order valence-electron chi connectivity index (χ3n) is 3.41. The van der Waals surface area contributed by atoms with E-state index >= 15 is 0 Å². The molecule has 0 saturated heterocycles. The molecule has 0 radical (unpaired) electrons. The fourth-order valence-corrected chi connectivity index (χ4v) is 3.28. The van der Waals surface area contributed by atoms with Crippen molar-refractivity contribution < 1.29 is 9.50 Å². The first-order chi connectivity index (χ1) is 9.99. The predicted molar refractivity (Wildman–Crippen MR) is 85.1 cm³/mol. The van der Waals surface area contributed by atoms with Gasteiger partial charge in [-0.15, -0.1) is 0 Å². The van der Waals surface area contributed by atoms with Crippen LogP contribution in [0.4, 0.5) is 4.39 Å². The summed E-state index contributed by atoms with van der Waals surface area (Å²) in [6.45, 7) is 4.58. The Bertz CT molecular complexity index is 625. The fourth-order valence-electron chi connectivity index (χ4n) is 2.33. The normalized spacial score (nSPS) is 12.7. The van der Waals surface area contributed by atoms with Crippen molar-refractivity contribution in [3.63, 3.8) is 0 Å². The summed E-state index contributed by atoms with van der Waals surface area (Å²) in [4.78, 5) is 0. The van der Waals surface area contributed by atoms with Crippen LogP contribution in [0.2, 0.25) is 5.02 Å².